The van der Waals surface area contributed by atoms with Crippen LogP contribution in [0.2, 0.25) is 0 Å². The molecule has 0 aliphatic carbocycles. The van der Waals surface area contributed by atoms with Gasteiger partial charge in [0.15, 0.2) is 6.54 Å². The number of para-hydroxylation sites is 1. The van der Waals surface area contributed by atoms with Gasteiger partial charge in [0, 0.05) is 5.69 Å². The molecule has 0 atom stereocenters. The van der Waals surface area contributed by atoms with Gasteiger partial charge in [-0.2, -0.15) is 0 Å². The largest absolute Gasteiger partial charge is 0.327 e. The zero-order valence-corrected chi connectivity index (χ0v) is 11.2. The number of aryl methyl sites for hydroxylation is 1. The van der Waals surface area contributed by atoms with Gasteiger partial charge in [-0.15, -0.1) is 0 Å². The Hall–Kier alpha value is -1.35. The van der Waals surface area contributed by atoms with Crippen LogP contribution in [0.15, 0.2) is 24.3 Å². The maximum atomic E-state index is 12.0. The zero-order chi connectivity index (χ0) is 12.8. The predicted octanol–water partition coefficient (Wildman–Crippen LogP) is 1.39. The normalized spacial score (nSPS) is 17.2. The second kappa shape index (κ2) is 6.55. The lowest BCUT2D eigenvalue weighted by atomic mass is 10.2. The van der Waals surface area contributed by atoms with Crippen LogP contribution in [0, 0.1) is 6.92 Å². The summed E-state index contributed by atoms with van der Waals surface area (Å²) in [7, 11) is 0. The minimum atomic E-state index is 0.140. The fourth-order valence-corrected chi connectivity index (χ4v) is 2.54. The third kappa shape index (κ3) is 3.84. The van der Waals surface area contributed by atoms with E-state index in [0.29, 0.717) is 6.54 Å². The summed E-state index contributed by atoms with van der Waals surface area (Å²) in [5.74, 6) is 0.140. The summed E-state index contributed by atoms with van der Waals surface area (Å²) in [6, 6.07) is 7.94. The van der Waals surface area contributed by atoms with E-state index >= 15 is 0 Å². The van der Waals surface area contributed by atoms with E-state index in [-0.39, 0.29) is 5.91 Å². The van der Waals surface area contributed by atoms with Gasteiger partial charge in [-0.05, 0) is 44.2 Å². The van der Waals surface area contributed by atoms with Crippen LogP contribution in [0.4, 0.5) is 5.69 Å². The molecular formula is C15H23N2O+. The summed E-state index contributed by atoms with van der Waals surface area (Å²) in [4.78, 5) is 13.4. The Kier molecular flexibility index (Phi) is 4.76. The van der Waals surface area contributed by atoms with Crippen LogP contribution < -0.4 is 10.2 Å². The molecular weight excluding hydrogens is 224 g/mol. The maximum absolute atomic E-state index is 12.0. The second-order valence-electron chi connectivity index (χ2n) is 5.20. The van der Waals surface area contributed by atoms with Gasteiger partial charge in [-0.1, -0.05) is 18.2 Å². The molecule has 1 amide bonds. The molecule has 0 spiro atoms. The van der Waals surface area contributed by atoms with Crippen molar-refractivity contribution in [3.63, 3.8) is 0 Å². The SMILES string of the molecule is Cc1ccccc1NC(=O)C[NH+]1CCCCCC1. The molecule has 0 aromatic heterocycles. The third-order valence-corrected chi connectivity index (χ3v) is 3.64. The molecule has 1 heterocycles. The number of quaternary nitrogens is 1. The van der Waals surface area contributed by atoms with Crippen LogP contribution in [-0.4, -0.2) is 25.5 Å². The number of nitrogens with one attached hydrogen (secondary N) is 2. The molecule has 1 aromatic carbocycles. The van der Waals surface area contributed by atoms with Crippen LogP contribution in [0.3, 0.4) is 0 Å². The number of rotatable bonds is 3. The van der Waals surface area contributed by atoms with Gasteiger partial charge in [0.1, 0.15) is 0 Å². The number of hydrogen-bond acceptors (Lipinski definition) is 1. The number of benzene rings is 1. The van der Waals surface area contributed by atoms with Crippen molar-refractivity contribution in [1.29, 1.82) is 0 Å². The van der Waals surface area contributed by atoms with Crippen molar-refractivity contribution < 1.29 is 9.69 Å². The molecule has 18 heavy (non-hydrogen) atoms. The van der Waals surface area contributed by atoms with Crippen molar-refractivity contribution in [2.75, 3.05) is 25.0 Å². The van der Waals surface area contributed by atoms with Crippen LogP contribution in [-0.2, 0) is 4.79 Å². The van der Waals surface area contributed by atoms with E-state index in [1.165, 1.54) is 30.6 Å². The molecule has 2 N–H and O–H groups in total. The molecule has 1 aromatic rings. The van der Waals surface area contributed by atoms with E-state index in [0.717, 1.165) is 24.3 Å². The van der Waals surface area contributed by atoms with E-state index in [1.54, 1.807) is 0 Å². The van der Waals surface area contributed by atoms with Crippen molar-refractivity contribution in [3.05, 3.63) is 29.8 Å². The Labute approximate surface area is 109 Å². The summed E-state index contributed by atoms with van der Waals surface area (Å²) in [5.41, 5.74) is 2.06. The fraction of sp³-hybridized carbons (Fsp3) is 0.533. The molecule has 1 aliphatic heterocycles. The molecule has 0 saturated carbocycles. The average Bonchev–Trinajstić information content (AvgIpc) is 2.61. The number of carbonyl (C=O) groups is 1. The molecule has 2 rings (SSSR count). The van der Waals surface area contributed by atoms with Gasteiger partial charge in [-0.3, -0.25) is 4.79 Å². The predicted molar refractivity (Wildman–Crippen MR) is 73.8 cm³/mol. The first-order valence-electron chi connectivity index (χ1n) is 6.95. The second-order valence-corrected chi connectivity index (χ2v) is 5.20. The van der Waals surface area contributed by atoms with E-state index in [9.17, 15) is 4.79 Å². The van der Waals surface area contributed by atoms with Crippen molar-refractivity contribution in [1.82, 2.24) is 0 Å². The fourth-order valence-electron chi connectivity index (χ4n) is 2.54. The smallest absolute Gasteiger partial charge is 0.279 e. The molecule has 1 aliphatic rings. The van der Waals surface area contributed by atoms with E-state index in [2.05, 4.69) is 5.32 Å². The minimum absolute atomic E-state index is 0.140. The summed E-state index contributed by atoms with van der Waals surface area (Å²) in [6.07, 6.45) is 5.16. The number of carbonyl (C=O) groups excluding carboxylic acids is 1. The van der Waals surface area contributed by atoms with E-state index < -0.39 is 0 Å². The quantitative estimate of drug-likeness (QED) is 0.831. The van der Waals surface area contributed by atoms with Crippen LogP contribution in [0.1, 0.15) is 31.2 Å². The van der Waals surface area contributed by atoms with Gasteiger partial charge in [0.25, 0.3) is 5.91 Å². The molecule has 3 heteroatoms. The Bertz CT molecular complexity index is 395. The Morgan fingerprint density at radius 2 is 1.83 bits per heavy atom. The first-order valence-corrected chi connectivity index (χ1v) is 6.95. The maximum Gasteiger partial charge on any atom is 0.279 e. The van der Waals surface area contributed by atoms with Gasteiger partial charge in [0.05, 0.1) is 13.1 Å². The Morgan fingerprint density at radius 3 is 2.50 bits per heavy atom. The molecule has 98 valence electrons. The average molecular weight is 247 g/mol. The zero-order valence-electron chi connectivity index (χ0n) is 11.2. The van der Waals surface area contributed by atoms with Gasteiger partial charge in [0.2, 0.25) is 0 Å². The first-order chi connectivity index (χ1) is 8.75. The van der Waals surface area contributed by atoms with Gasteiger partial charge in [-0.25, -0.2) is 0 Å². The molecule has 0 radical (unpaired) electrons. The topological polar surface area (TPSA) is 33.5 Å². The highest BCUT2D eigenvalue weighted by atomic mass is 16.2. The van der Waals surface area contributed by atoms with E-state index in [4.69, 9.17) is 0 Å². The number of likely N-dealkylation sites (tertiary alicyclic amines) is 1. The molecule has 0 unspecified atom stereocenters. The third-order valence-electron chi connectivity index (χ3n) is 3.64. The Balaban J connectivity index is 1.86. The first kappa shape index (κ1) is 13.1. The summed E-state index contributed by atoms with van der Waals surface area (Å²) < 4.78 is 0. The highest BCUT2D eigenvalue weighted by Crippen LogP contribution is 2.12. The van der Waals surface area contributed by atoms with Gasteiger partial charge < -0.3 is 10.2 Å². The molecule has 1 fully saturated rings. The minimum Gasteiger partial charge on any atom is -0.327 e. The van der Waals surface area contributed by atoms with Crippen LogP contribution in [0.25, 0.3) is 0 Å². The van der Waals surface area contributed by atoms with Crippen molar-refractivity contribution in [3.8, 4) is 0 Å². The van der Waals surface area contributed by atoms with Crippen molar-refractivity contribution >= 4 is 11.6 Å². The van der Waals surface area contributed by atoms with Crippen molar-refractivity contribution in [2.24, 2.45) is 0 Å². The van der Waals surface area contributed by atoms with E-state index in [1.807, 2.05) is 31.2 Å². The lowest BCUT2D eigenvalue weighted by molar-refractivity contribution is -0.890. The summed E-state index contributed by atoms with van der Waals surface area (Å²) in [5, 5.41) is 3.02. The molecule has 0 bridgehead atoms. The number of anilines is 1. The summed E-state index contributed by atoms with van der Waals surface area (Å²) >= 11 is 0. The molecule has 3 nitrogen and oxygen atoms in total. The Morgan fingerprint density at radius 1 is 1.17 bits per heavy atom. The van der Waals surface area contributed by atoms with Crippen molar-refractivity contribution in [2.45, 2.75) is 32.6 Å². The standard InChI is InChI=1S/C15H22N2O/c1-13-8-4-5-9-14(13)16-15(18)12-17-10-6-2-3-7-11-17/h4-5,8-9H,2-3,6-7,10-12H2,1H3,(H,16,18)/p+1. The summed E-state index contributed by atoms with van der Waals surface area (Å²) in [6.45, 7) is 4.91. The number of amides is 1. The van der Waals surface area contributed by atoms with Crippen LogP contribution >= 0.6 is 0 Å². The van der Waals surface area contributed by atoms with Gasteiger partial charge >= 0.3 is 0 Å². The number of hydrogen-bond donors (Lipinski definition) is 2. The highest BCUT2D eigenvalue weighted by molar-refractivity contribution is 5.92. The highest BCUT2D eigenvalue weighted by Gasteiger charge is 2.16. The lowest BCUT2D eigenvalue weighted by Gasteiger charge is -2.16. The lowest BCUT2D eigenvalue weighted by Crippen LogP contribution is -3.12. The molecule has 1 saturated heterocycles. The van der Waals surface area contributed by atoms with Crippen LogP contribution in [0.5, 0.6) is 0 Å². The monoisotopic (exact) mass is 247 g/mol.